The van der Waals surface area contributed by atoms with Gasteiger partial charge in [0.1, 0.15) is 11.5 Å². The average Bonchev–Trinajstić information content (AvgIpc) is 2.64. The van der Waals surface area contributed by atoms with Gasteiger partial charge in [-0.2, -0.15) is 4.98 Å². The van der Waals surface area contributed by atoms with Gasteiger partial charge in [0.2, 0.25) is 22.5 Å². The van der Waals surface area contributed by atoms with E-state index in [2.05, 4.69) is 55.3 Å². The van der Waals surface area contributed by atoms with Gasteiger partial charge in [-0.25, -0.2) is 4.98 Å². The second-order valence-corrected chi connectivity index (χ2v) is 18.6. The second kappa shape index (κ2) is 9.42. The number of benzene rings is 2. The lowest BCUT2D eigenvalue weighted by atomic mass is 10.1. The van der Waals surface area contributed by atoms with Crippen LogP contribution in [0.15, 0.2) is 54.7 Å². The molecule has 3 rings (SSSR count). The Bertz CT molecular complexity index is 1030. The van der Waals surface area contributed by atoms with E-state index >= 15 is 0 Å². The first-order valence-corrected chi connectivity index (χ1v) is 17.4. The van der Waals surface area contributed by atoms with Crippen molar-refractivity contribution in [2.75, 3.05) is 0 Å². The topological polar surface area (TPSA) is 53.5 Å². The number of aromatic nitrogens is 2. The zero-order chi connectivity index (χ0) is 22.6. The smallest absolute Gasteiger partial charge is 0.305 e. The molecule has 2 aromatic carbocycles. The Kier molecular flexibility index (Phi) is 7.08. The second-order valence-electron chi connectivity index (χ2n) is 9.29. The Morgan fingerprint density at radius 1 is 0.839 bits per heavy atom. The SMILES string of the molecule is C[Si](C)(C)Oc1ncc(Cc2cccc(Oc3ccc(Cl)cc3)c2)c(O[Si](C)(C)C)n1. The first kappa shape index (κ1) is 23.3. The Morgan fingerprint density at radius 3 is 2.16 bits per heavy atom. The molecule has 0 aliphatic carbocycles. The lowest BCUT2D eigenvalue weighted by molar-refractivity contribution is 0.470. The Labute approximate surface area is 191 Å². The Morgan fingerprint density at radius 2 is 1.52 bits per heavy atom. The summed E-state index contributed by atoms with van der Waals surface area (Å²) in [5.41, 5.74) is 2.00. The molecule has 0 N–H and O–H groups in total. The fourth-order valence-electron chi connectivity index (χ4n) is 2.78. The van der Waals surface area contributed by atoms with E-state index in [1.54, 1.807) is 0 Å². The fraction of sp³-hybridized carbons (Fsp3) is 0.304. The fourth-order valence-corrected chi connectivity index (χ4v) is 4.30. The highest BCUT2D eigenvalue weighted by Crippen LogP contribution is 2.28. The van der Waals surface area contributed by atoms with E-state index in [1.165, 1.54) is 0 Å². The van der Waals surface area contributed by atoms with Gasteiger partial charge in [0.15, 0.2) is 0 Å². The first-order valence-electron chi connectivity index (χ1n) is 10.2. The van der Waals surface area contributed by atoms with Crippen molar-refractivity contribution < 1.29 is 13.6 Å². The highest BCUT2D eigenvalue weighted by atomic mass is 35.5. The van der Waals surface area contributed by atoms with Crippen LogP contribution in [0.4, 0.5) is 0 Å². The van der Waals surface area contributed by atoms with Crippen molar-refractivity contribution in [2.45, 2.75) is 45.7 Å². The predicted octanol–water partition coefficient (Wildman–Crippen LogP) is 6.94. The highest BCUT2D eigenvalue weighted by Gasteiger charge is 2.23. The predicted molar refractivity (Wildman–Crippen MR) is 131 cm³/mol. The van der Waals surface area contributed by atoms with Gasteiger partial charge >= 0.3 is 6.01 Å². The Balaban J connectivity index is 1.84. The summed E-state index contributed by atoms with van der Waals surface area (Å²) in [6.07, 6.45) is 2.44. The third-order valence-electron chi connectivity index (χ3n) is 3.95. The molecule has 0 spiro atoms. The molecule has 5 nitrogen and oxygen atoms in total. The molecule has 0 amide bonds. The molecule has 31 heavy (non-hydrogen) atoms. The van der Waals surface area contributed by atoms with Crippen molar-refractivity contribution in [2.24, 2.45) is 0 Å². The summed E-state index contributed by atoms with van der Waals surface area (Å²) in [7, 11) is -3.68. The van der Waals surface area contributed by atoms with Crippen molar-refractivity contribution in [3.05, 3.63) is 70.9 Å². The minimum absolute atomic E-state index is 0.385. The van der Waals surface area contributed by atoms with Gasteiger partial charge in [0, 0.05) is 23.2 Å². The quantitative estimate of drug-likeness (QED) is 0.332. The van der Waals surface area contributed by atoms with Crippen LogP contribution in [-0.4, -0.2) is 26.6 Å². The van der Waals surface area contributed by atoms with Crippen LogP contribution >= 0.6 is 11.6 Å². The van der Waals surface area contributed by atoms with Crippen LogP contribution in [0.1, 0.15) is 11.1 Å². The van der Waals surface area contributed by atoms with Gasteiger partial charge in [0.25, 0.3) is 0 Å². The summed E-state index contributed by atoms with van der Waals surface area (Å²) in [5, 5.41) is 0.678. The van der Waals surface area contributed by atoms with Crippen molar-refractivity contribution in [3.63, 3.8) is 0 Å². The van der Waals surface area contributed by atoms with Crippen LogP contribution in [0, 0.1) is 0 Å². The normalized spacial score (nSPS) is 11.8. The van der Waals surface area contributed by atoms with E-state index in [4.69, 9.17) is 25.2 Å². The van der Waals surface area contributed by atoms with Crippen molar-refractivity contribution in [1.82, 2.24) is 9.97 Å². The summed E-state index contributed by atoms with van der Waals surface area (Å²) in [6.45, 7) is 12.7. The van der Waals surface area contributed by atoms with Gasteiger partial charge in [0.05, 0.1) is 0 Å². The van der Waals surface area contributed by atoms with Crippen molar-refractivity contribution >= 4 is 28.2 Å². The van der Waals surface area contributed by atoms with Crippen LogP contribution in [0.25, 0.3) is 0 Å². The van der Waals surface area contributed by atoms with E-state index in [0.717, 1.165) is 22.6 Å². The van der Waals surface area contributed by atoms with Gasteiger partial charge in [-0.3, -0.25) is 0 Å². The van der Waals surface area contributed by atoms with E-state index in [-0.39, 0.29) is 0 Å². The van der Waals surface area contributed by atoms with Crippen LogP contribution in [0.3, 0.4) is 0 Å². The molecule has 0 unspecified atom stereocenters. The standard InChI is InChI=1S/C23H29ClN2O3Si2/c1-30(2,3)28-22-18(16-25-23(26-22)29-31(4,5)6)14-17-8-7-9-21(15-17)27-20-12-10-19(24)11-13-20/h7-13,15-16H,14H2,1-6H3. The van der Waals surface area contributed by atoms with Gasteiger partial charge < -0.3 is 13.6 Å². The number of rotatable bonds is 8. The summed E-state index contributed by atoms with van der Waals surface area (Å²) in [5.74, 6) is 2.10. The van der Waals surface area contributed by atoms with Gasteiger partial charge in [-0.1, -0.05) is 23.7 Å². The third-order valence-corrected chi connectivity index (χ3v) is 5.80. The van der Waals surface area contributed by atoms with Crippen LogP contribution < -0.4 is 13.6 Å². The molecule has 1 aromatic heterocycles. The van der Waals surface area contributed by atoms with Crippen molar-refractivity contribution in [3.8, 4) is 23.4 Å². The lowest BCUT2D eigenvalue weighted by Crippen LogP contribution is -2.32. The molecule has 3 aromatic rings. The third kappa shape index (κ3) is 7.68. The minimum atomic E-state index is -1.86. The molecule has 0 bridgehead atoms. The number of nitrogens with zero attached hydrogens (tertiary/aromatic N) is 2. The molecule has 0 saturated carbocycles. The zero-order valence-corrected chi connectivity index (χ0v) is 21.7. The molecule has 8 heteroatoms. The molecule has 0 radical (unpaired) electrons. The number of hydrogen-bond donors (Lipinski definition) is 0. The van der Waals surface area contributed by atoms with Crippen molar-refractivity contribution in [1.29, 1.82) is 0 Å². The van der Waals surface area contributed by atoms with Crippen LogP contribution in [0.5, 0.6) is 23.4 Å². The molecule has 0 aliphatic heterocycles. The minimum Gasteiger partial charge on any atom is -0.531 e. The average molecular weight is 473 g/mol. The van der Waals surface area contributed by atoms with Crippen LogP contribution in [-0.2, 0) is 6.42 Å². The molecule has 0 aliphatic rings. The molecule has 1 heterocycles. The number of ether oxygens (including phenoxy) is 1. The summed E-state index contributed by atoms with van der Waals surface area (Å²) in [6, 6.07) is 15.7. The summed E-state index contributed by atoms with van der Waals surface area (Å²) >= 11 is 5.95. The Hall–Kier alpha value is -2.36. The molecular weight excluding hydrogens is 444 g/mol. The maximum Gasteiger partial charge on any atom is 0.305 e. The summed E-state index contributed by atoms with van der Waals surface area (Å²) in [4.78, 5) is 9.05. The van der Waals surface area contributed by atoms with Gasteiger partial charge in [-0.15, -0.1) is 0 Å². The number of hydrogen-bond acceptors (Lipinski definition) is 5. The molecule has 0 atom stereocenters. The molecule has 0 saturated heterocycles. The lowest BCUT2D eigenvalue weighted by Gasteiger charge is -2.22. The van der Waals surface area contributed by atoms with Crippen LogP contribution in [0.2, 0.25) is 44.3 Å². The highest BCUT2D eigenvalue weighted by molar-refractivity contribution is 6.70. The van der Waals surface area contributed by atoms with E-state index in [1.807, 2.05) is 48.7 Å². The number of halogens is 1. The van der Waals surface area contributed by atoms with E-state index < -0.39 is 16.6 Å². The maximum atomic E-state index is 6.28. The van der Waals surface area contributed by atoms with Gasteiger partial charge in [-0.05, 0) is 81.2 Å². The van der Waals surface area contributed by atoms with E-state index in [9.17, 15) is 0 Å². The first-order chi connectivity index (χ1) is 14.5. The largest absolute Gasteiger partial charge is 0.531 e. The monoisotopic (exact) mass is 472 g/mol. The zero-order valence-electron chi connectivity index (χ0n) is 18.9. The molecular formula is C23H29ClN2O3Si2. The molecule has 0 fully saturated rings. The maximum absolute atomic E-state index is 6.28. The van der Waals surface area contributed by atoms with E-state index in [0.29, 0.717) is 23.3 Å². The summed E-state index contributed by atoms with van der Waals surface area (Å²) < 4.78 is 18.2. The molecule has 164 valence electrons.